The third kappa shape index (κ3) is 4.28. The van der Waals surface area contributed by atoms with Gasteiger partial charge in [-0.2, -0.15) is 0 Å². The van der Waals surface area contributed by atoms with Crippen LogP contribution in [0.15, 0.2) is 24.3 Å². The highest BCUT2D eigenvalue weighted by Gasteiger charge is 2.19. The second-order valence-corrected chi connectivity index (χ2v) is 4.71. The monoisotopic (exact) mass is 262 g/mol. The van der Waals surface area contributed by atoms with Gasteiger partial charge in [-0.15, -0.1) is 0 Å². The summed E-state index contributed by atoms with van der Waals surface area (Å²) >= 11 is 0. The summed E-state index contributed by atoms with van der Waals surface area (Å²) < 4.78 is 5.39. The molecular formula is C14H18N2O3. The van der Waals surface area contributed by atoms with Crippen LogP contribution in [0.1, 0.15) is 18.4 Å². The first-order valence-electron chi connectivity index (χ1n) is 6.39. The van der Waals surface area contributed by atoms with Crippen LogP contribution >= 0.6 is 0 Å². The predicted molar refractivity (Wildman–Crippen MR) is 70.8 cm³/mol. The van der Waals surface area contributed by atoms with Crippen LogP contribution in [0.2, 0.25) is 0 Å². The van der Waals surface area contributed by atoms with E-state index in [1.54, 1.807) is 0 Å². The highest BCUT2D eigenvalue weighted by molar-refractivity contribution is 5.79. The lowest BCUT2D eigenvalue weighted by Crippen LogP contribution is -2.48. The number of benzene rings is 1. The number of amides is 2. The number of carbonyl (C=O) groups excluding carboxylic acids is 2. The summed E-state index contributed by atoms with van der Waals surface area (Å²) in [6, 6.07) is 7.55. The lowest BCUT2D eigenvalue weighted by Gasteiger charge is -2.23. The average Bonchev–Trinajstić information content (AvgIpc) is 2.41. The third-order valence-corrected chi connectivity index (χ3v) is 3.02. The molecule has 1 aliphatic rings. The van der Waals surface area contributed by atoms with E-state index in [-0.39, 0.29) is 24.5 Å². The van der Waals surface area contributed by atoms with Crippen molar-refractivity contribution in [2.24, 2.45) is 0 Å². The number of rotatable bonds is 4. The largest absolute Gasteiger partial charge is 0.484 e. The number of piperidine rings is 1. The molecule has 1 fully saturated rings. The van der Waals surface area contributed by atoms with Gasteiger partial charge < -0.3 is 15.4 Å². The standard InChI is InChI=1S/C14H18N2O3/c1-10-2-5-12(6-3-10)19-9-14(18)16-11-4-7-13(17)15-8-11/h2-3,5-6,11H,4,7-9H2,1H3,(H,15,17)(H,16,18). The molecule has 1 aromatic carbocycles. The number of ether oxygens (including phenoxy) is 1. The second-order valence-electron chi connectivity index (χ2n) is 4.71. The summed E-state index contributed by atoms with van der Waals surface area (Å²) in [6.45, 7) is 2.48. The summed E-state index contributed by atoms with van der Waals surface area (Å²) in [4.78, 5) is 22.7. The summed E-state index contributed by atoms with van der Waals surface area (Å²) in [5.41, 5.74) is 1.15. The topological polar surface area (TPSA) is 67.4 Å². The Kier molecular flexibility index (Phi) is 4.39. The fraction of sp³-hybridized carbons (Fsp3) is 0.429. The van der Waals surface area contributed by atoms with Crippen LogP contribution in [-0.2, 0) is 9.59 Å². The Labute approximate surface area is 112 Å². The Morgan fingerprint density at radius 1 is 1.42 bits per heavy atom. The molecule has 102 valence electrons. The fourth-order valence-electron chi connectivity index (χ4n) is 1.91. The summed E-state index contributed by atoms with van der Waals surface area (Å²) in [6.07, 6.45) is 1.14. The quantitative estimate of drug-likeness (QED) is 0.842. The van der Waals surface area contributed by atoms with Gasteiger partial charge >= 0.3 is 0 Å². The van der Waals surface area contributed by atoms with Crippen molar-refractivity contribution in [1.29, 1.82) is 0 Å². The lowest BCUT2D eigenvalue weighted by molar-refractivity contribution is -0.126. The van der Waals surface area contributed by atoms with Crippen LogP contribution in [0.3, 0.4) is 0 Å². The van der Waals surface area contributed by atoms with Crippen LogP contribution < -0.4 is 15.4 Å². The maximum atomic E-state index is 11.7. The first-order chi connectivity index (χ1) is 9.13. The number of aryl methyl sites for hydroxylation is 1. The first kappa shape index (κ1) is 13.4. The molecule has 0 aromatic heterocycles. The van der Waals surface area contributed by atoms with Gasteiger partial charge in [-0.3, -0.25) is 9.59 Å². The van der Waals surface area contributed by atoms with E-state index in [2.05, 4.69) is 10.6 Å². The van der Waals surface area contributed by atoms with Crippen LogP contribution in [-0.4, -0.2) is 31.0 Å². The number of hydrogen-bond donors (Lipinski definition) is 2. The Hall–Kier alpha value is -2.04. The molecule has 2 amide bonds. The minimum Gasteiger partial charge on any atom is -0.484 e. The Morgan fingerprint density at radius 3 is 2.79 bits per heavy atom. The zero-order chi connectivity index (χ0) is 13.7. The molecule has 5 nitrogen and oxygen atoms in total. The van der Waals surface area contributed by atoms with Crippen molar-refractivity contribution in [2.45, 2.75) is 25.8 Å². The van der Waals surface area contributed by atoms with Crippen molar-refractivity contribution in [2.75, 3.05) is 13.2 Å². The molecule has 19 heavy (non-hydrogen) atoms. The van der Waals surface area contributed by atoms with E-state index in [1.807, 2.05) is 31.2 Å². The molecule has 1 saturated heterocycles. The average molecular weight is 262 g/mol. The molecule has 0 bridgehead atoms. The molecule has 0 radical (unpaired) electrons. The van der Waals surface area contributed by atoms with E-state index in [4.69, 9.17) is 4.74 Å². The molecule has 2 N–H and O–H groups in total. The van der Waals surface area contributed by atoms with Crippen LogP contribution in [0, 0.1) is 6.92 Å². The van der Waals surface area contributed by atoms with Crippen molar-refractivity contribution in [1.82, 2.24) is 10.6 Å². The summed E-state index contributed by atoms with van der Waals surface area (Å²) in [7, 11) is 0. The minimum atomic E-state index is -0.165. The van der Waals surface area contributed by atoms with E-state index in [9.17, 15) is 9.59 Å². The van der Waals surface area contributed by atoms with Gasteiger partial charge in [0.1, 0.15) is 5.75 Å². The van der Waals surface area contributed by atoms with E-state index in [0.717, 1.165) is 5.56 Å². The zero-order valence-electron chi connectivity index (χ0n) is 10.9. The Bertz CT molecular complexity index is 446. The zero-order valence-corrected chi connectivity index (χ0v) is 10.9. The maximum absolute atomic E-state index is 11.7. The van der Waals surface area contributed by atoms with E-state index in [0.29, 0.717) is 25.1 Å². The van der Waals surface area contributed by atoms with Crippen molar-refractivity contribution in [3.8, 4) is 5.75 Å². The molecular weight excluding hydrogens is 244 g/mol. The van der Waals surface area contributed by atoms with Gasteiger partial charge in [-0.1, -0.05) is 17.7 Å². The lowest BCUT2D eigenvalue weighted by atomic mass is 10.1. The van der Waals surface area contributed by atoms with Gasteiger partial charge in [0, 0.05) is 19.0 Å². The smallest absolute Gasteiger partial charge is 0.258 e. The van der Waals surface area contributed by atoms with Gasteiger partial charge in [0.2, 0.25) is 5.91 Å². The SMILES string of the molecule is Cc1ccc(OCC(=O)NC2CCC(=O)NC2)cc1. The number of nitrogens with one attached hydrogen (secondary N) is 2. The van der Waals surface area contributed by atoms with Gasteiger partial charge in [-0.05, 0) is 25.5 Å². The molecule has 0 saturated carbocycles. The number of carbonyl (C=O) groups is 2. The molecule has 1 heterocycles. The molecule has 2 rings (SSSR count). The molecule has 0 aliphatic carbocycles. The number of hydrogen-bond acceptors (Lipinski definition) is 3. The summed E-state index contributed by atoms with van der Waals surface area (Å²) in [5.74, 6) is 0.556. The molecule has 1 aromatic rings. The normalized spacial score (nSPS) is 18.6. The van der Waals surface area contributed by atoms with Crippen molar-refractivity contribution in [3.05, 3.63) is 29.8 Å². The highest BCUT2D eigenvalue weighted by atomic mass is 16.5. The molecule has 1 unspecified atom stereocenters. The van der Waals surface area contributed by atoms with Gasteiger partial charge in [0.15, 0.2) is 6.61 Å². The van der Waals surface area contributed by atoms with E-state index >= 15 is 0 Å². The summed E-state index contributed by atoms with van der Waals surface area (Å²) in [5, 5.41) is 5.57. The van der Waals surface area contributed by atoms with Crippen LogP contribution in [0.4, 0.5) is 0 Å². The van der Waals surface area contributed by atoms with Gasteiger partial charge in [0.25, 0.3) is 5.91 Å². The van der Waals surface area contributed by atoms with Gasteiger partial charge in [-0.25, -0.2) is 0 Å². The molecule has 1 atom stereocenters. The minimum absolute atomic E-state index is 0.00631. The van der Waals surface area contributed by atoms with Crippen molar-refractivity contribution in [3.63, 3.8) is 0 Å². The van der Waals surface area contributed by atoms with Crippen LogP contribution in [0.25, 0.3) is 0 Å². The van der Waals surface area contributed by atoms with Crippen molar-refractivity contribution < 1.29 is 14.3 Å². The highest BCUT2D eigenvalue weighted by Crippen LogP contribution is 2.11. The van der Waals surface area contributed by atoms with E-state index < -0.39 is 0 Å². The third-order valence-electron chi connectivity index (χ3n) is 3.02. The first-order valence-corrected chi connectivity index (χ1v) is 6.39. The molecule has 1 aliphatic heterocycles. The maximum Gasteiger partial charge on any atom is 0.258 e. The fourth-order valence-corrected chi connectivity index (χ4v) is 1.91. The van der Waals surface area contributed by atoms with Crippen molar-refractivity contribution >= 4 is 11.8 Å². The van der Waals surface area contributed by atoms with Gasteiger partial charge in [0.05, 0.1) is 0 Å². The molecule has 0 spiro atoms. The van der Waals surface area contributed by atoms with E-state index in [1.165, 1.54) is 0 Å². The Morgan fingerprint density at radius 2 is 2.16 bits per heavy atom. The molecule has 5 heteroatoms. The second kappa shape index (κ2) is 6.22. The Balaban J connectivity index is 1.72. The predicted octanol–water partition coefficient (Wildman–Crippen LogP) is 0.769. The van der Waals surface area contributed by atoms with Crippen LogP contribution in [0.5, 0.6) is 5.75 Å².